The number of carbonyl (C=O) groups excluding carboxylic acids is 1. The lowest BCUT2D eigenvalue weighted by molar-refractivity contribution is 0.0601. The van der Waals surface area contributed by atoms with Crippen LogP contribution in [-0.2, 0) is 0 Å². The number of piperidine rings is 1. The second-order valence-electron chi connectivity index (χ2n) is 5.65. The van der Waals surface area contributed by atoms with Crippen LogP contribution < -0.4 is 11.3 Å². The average Bonchev–Trinajstić information content (AvgIpc) is 2.47. The molecule has 1 aliphatic rings. The molecule has 0 saturated carbocycles. The van der Waals surface area contributed by atoms with Gasteiger partial charge in [0.15, 0.2) is 0 Å². The predicted octanol–water partition coefficient (Wildman–Crippen LogP) is 2.62. The largest absolute Gasteiger partial charge is 0.339 e. The molecule has 4 nitrogen and oxygen atoms in total. The van der Waals surface area contributed by atoms with Gasteiger partial charge in [-0.15, -0.1) is 0 Å². The van der Waals surface area contributed by atoms with E-state index in [0.717, 1.165) is 25.9 Å². The smallest absolute Gasteiger partial charge is 0.256 e. The second kappa shape index (κ2) is 5.61. The summed E-state index contributed by atoms with van der Waals surface area (Å²) in [5.41, 5.74) is 4.34. The minimum atomic E-state index is 0.0757. The number of nitrogens with one attached hydrogen (secondary N) is 1. The van der Waals surface area contributed by atoms with Gasteiger partial charge >= 0.3 is 0 Å². The van der Waals surface area contributed by atoms with E-state index >= 15 is 0 Å². The number of hydrazine groups is 1. The van der Waals surface area contributed by atoms with Gasteiger partial charge in [-0.3, -0.25) is 10.6 Å². The minimum absolute atomic E-state index is 0.0757. The number of hydrogen-bond acceptors (Lipinski definition) is 3. The standard InChI is InChI=1S/C15H23N3O/c1-3-15(2)8-10-18(11-9-15)14(19)12-6-4-5-7-13(12)17-16/h4-7,17H,3,8-11,16H2,1-2H3. The third kappa shape index (κ3) is 2.89. The predicted molar refractivity (Wildman–Crippen MR) is 77.8 cm³/mol. The summed E-state index contributed by atoms with van der Waals surface area (Å²) >= 11 is 0. The number of amides is 1. The number of rotatable bonds is 3. The van der Waals surface area contributed by atoms with E-state index in [-0.39, 0.29) is 5.91 Å². The Hall–Kier alpha value is -1.55. The van der Waals surface area contributed by atoms with Crippen LogP contribution in [0, 0.1) is 5.41 Å². The number of para-hydroxylation sites is 1. The molecule has 1 heterocycles. The Morgan fingerprint density at radius 3 is 2.58 bits per heavy atom. The SMILES string of the molecule is CCC1(C)CCN(C(=O)c2ccccc2NN)CC1. The molecule has 0 aromatic heterocycles. The maximum atomic E-state index is 12.5. The number of hydrogen-bond donors (Lipinski definition) is 2. The number of carbonyl (C=O) groups is 1. The Labute approximate surface area is 114 Å². The lowest BCUT2D eigenvalue weighted by Crippen LogP contribution is -2.42. The number of nitrogens with two attached hydrogens (primary N) is 1. The van der Waals surface area contributed by atoms with Gasteiger partial charge in [0.1, 0.15) is 0 Å². The van der Waals surface area contributed by atoms with E-state index in [1.807, 2.05) is 29.2 Å². The Kier molecular flexibility index (Phi) is 4.10. The van der Waals surface area contributed by atoms with Crippen LogP contribution in [0.3, 0.4) is 0 Å². The third-order valence-corrected chi connectivity index (χ3v) is 4.42. The molecular formula is C15H23N3O. The molecule has 1 saturated heterocycles. The normalized spacial score (nSPS) is 18.2. The summed E-state index contributed by atoms with van der Waals surface area (Å²) in [6.45, 7) is 6.21. The number of benzene rings is 1. The van der Waals surface area contributed by atoms with Gasteiger partial charge in [0.25, 0.3) is 5.91 Å². The van der Waals surface area contributed by atoms with Gasteiger partial charge in [0, 0.05) is 13.1 Å². The molecule has 0 spiro atoms. The molecule has 1 aromatic rings. The van der Waals surface area contributed by atoms with Crippen LogP contribution in [0.2, 0.25) is 0 Å². The van der Waals surface area contributed by atoms with Gasteiger partial charge < -0.3 is 10.3 Å². The molecule has 3 N–H and O–H groups in total. The average molecular weight is 261 g/mol. The maximum absolute atomic E-state index is 12.5. The zero-order valence-corrected chi connectivity index (χ0v) is 11.8. The second-order valence-corrected chi connectivity index (χ2v) is 5.65. The van der Waals surface area contributed by atoms with Crippen LogP contribution in [0.4, 0.5) is 5.69 Å². The first kappa shape index (κ1) is 13.9. The van der Waals surface area contributed by atoms with Crippen molar-refractivity contribution in [1.29, 1.82) is 0 Å². The Morgan fingerprint density at radius 2 is 2.00 bits per heavy atom. The summed E-state index contributed by atoms with van der Waals surface area (Å²) in [6.07, 6.45) is 3.33. The van der Waals surface area contributed by atoms with Crippen molar-refractivity contribution >= 4 is 11.6 Å². The zero-order valence-electron chi connectivity index (χ0n) is 11.8. The maximum Gasteiger partial charge on any atom is 0.256 e. The van der Waals surface area contributed by atoms with Crippen molar-refractivity contribution in [3.63, 3.8) is 0 Å². The summed E-state index contributed by atoms with van der Waals surface area (Å²) in [4.78, 5) is 14.4. The van der Waals surface area contributed by atoms with Crippen molar-refractivity contribution in [2.45, 2.75) is 33.1 Å². The van der Waals surface area contributed by atoms with Crippen molar-refractivity contribution in [2.75, 3.05) is 18.5 Å². The molecule has 1 amide bonds. The summed E-state index contributed by atoms with van der Waals surface area (Å²) < 4.78 is 0. The van der Waals surface area contributed by atoms with E-state index < -0.39 is 0 Å². The molecule has 2 rings (SSSR count). The van der Waals surface area contributed by atoms with Crippen LogP contribution in [0.5, 0.6) is 0 Å². The Morgan fingerprint density at radius 1 is 1.37 bits per heavy atom. The highest BCUT2D eigenvalue weighted by atomic mass is 16.2. The van der Waals surface area contributed by atoms with Crippen LogP contribution in [0.1, 0.15) is 43.5 Å². The van der Waals surface area contributed by atoms with Gasteiger partial charge in [-0.25, -0.2) is 0 Å². The first-order chi connectivity index (χ1) is 9.09. The summed E-state index contributed by atoms with van der Waals surface area (Å²) in [5, 5.41) is 0. The van der Waals surface area contributed by atoms with E-state index in [1.165, 1.54) is 6.42 Å². The van der Waals surface area contributed by atoms with Crippen LogP contribution in [0.25, 0.3) is 0 Å². The molecule has 0 atom stereocenters. The summed E-state index contributed by atoms with van der Waals surface area (Å²) in [7, 11) is 0. The van der Waals surface area contributed by atoms with Gasteiger partial charge in [0.05, 0.1) is 11.3 Å². The molecule has 1 fully saturated rings. The summed E-state index contributed by atoms with van der Waals surface area (Å²) in [5.74, 6) is 5.54. The molecule has 0 radical (unpaired) electrons. The van der Waals surface area contributed by atoms with Crippen molar-refractivity contribution in [3.05, 3.63) is 29.8 Å². The van der Waals surface area contributed by atoms with Crippen molar-refractivity contribution in [3.8, 4) is 0 Å². The molecule has 19 heavy (non-hydrogen) atoms. The first-order valence-corrected chi connectivity index (χ1v) is 6.94. The van der Waals surface area contributed by atoms with Crippen molar-refractivity contribution in [2.24, 2.45) is 11.3 Å². The zero-order chi connectivity index (χ0) is 13.9. The highest BCUT2D eigenvalue weighted by Crippen LogP contribution is 2.34. The quantitative estimate of drug-likeness (QED) is 0.649. The lowest BCUT2D eigenvalue weighted by atomic mass is 9.78. The molecular weight excluding hydrogens is 238 g/mol. The Bertz CT molecular complexity index is 450. The molecule has 0 bridgehead atoms. The topological polar surface area (TPSA) is 58.4 Å². The van der Waals surface area contributed by atoms with Gasteiger partial charge in [-0.2, -0.15) is 0 Å². The van der Waals surface area contributed by atoms with Gasteiger partial charge in [-0.05, 0) is 30.4 Å². The molecule has 1 aromatic carbocycles. The fourth-order valence-corrected chi connectivity index (χ4v) is 2.57. The third-order valence-electron chi connectivity index (χ3n) is 4.42. The molecule has 1 aliphatic heterocycles. The Balaban J connectivity index is 2.09. The fraction of sp³-hybridized carbons (Fsp3) is 0.533. The number of nitrogen functional groups attached to an aromatic ring is 1. The van der Waals surface area contributed by atoms with Crippen molar-refractivity contribution in [1.82, 2.24) is 4.90 Å². The van der Waals surface area contributed by atoms with E-state index in [9.17, 15) is 4.79 Å². The van der Waals surface area contributed by atoms with E-state index in [2.05, 4.69) is 19.3 Å². The molecule has 104 valence electrons. The van der Waals surface area contributed by atoms with Gasteiger partial charge in [-0.1, -0.05) is 32.4 Å². The van der Waals surface area contributed by atoms with E-state index in [0.29, 0.717) is 16.7 Å². The van der Waals surface area contributed by atoms with E-state index in [1.54, 1.807) is 0 Å². The molecule has 4 heteroatoms. The van der Waals surface area contributed by atoms with Crippen molar-refractivity contribution < 1.29 is 4.79 Å². The highest BCUT2D eigenvalue weighted by Gasteiger charge is 2.31. The first-order valence-electron chi connectivity index (χ1n) is 6.94. The molecule has 0 unspecified atom stereocenters. The fourth-order valence-electron chi connectivity index (χ4n) is 2.57. The lowest BCUT2D eigenvalue weighted by Gasteiger charge is -2.39. The van der Waals surface area contributed by atoms with Crippen LogP contribution in [-0.4, -0.2) is 23.9 Å². The van der Waals surface area contributed by atoms with E-state index in [4.69, 9.17) is 5.84 Å². The molecule has 0 aliphatic carbocycles. The number of likely N-dealkylation sites (tertiary alicyclic amines) is 1. The van der Waals surface area contributed by atoms with Crippen LogP contribution in [0.15, 0.2) is 24.3 Å². The number of anilines is 1. The summed E-state index contributed by atoms with van der Waals surface area (Å²) in [6, 6.07) is 7.39. The monoisotopic (exact) mass is 261 g/mol. The van der Waals surface area contributed by atoms with Crippen LogP contribution >= 0.6 is 0 Å². The highest BCUT2D eigenvalue weighted by molar-refractivity contribution is 5.99. The number of nitrogens with zero attached hydrogens (tertiary/aromatic N) is 1. The van der Waals surface area contributed by atoms with Gasteiger partial charge in [0.2, 0.25) is 0 Å². The minimum Gasteiger partial charge on any atom is -0.339 e.